The van der Waals surface area contributed by atoms with E-state index in [2.05, 4.69) is 37.9 Å². The summed E-state index contributed by atoms with van der Waals surface area (Å²) in [7, 11) is 0. The van der Waals surface area contributed by atoms with E-state index in [0.29, 0.717) is 29.9 Å². The summed E-state index contributed by atoms with van der Waals surface area (Å²) in [5.41, 5.74) is 0. The van der Waals surface area contributed by atoms with Crippen molar-refractivity contribution < 1.29 is 9.53 Å². The minimum atomic E-state index is -0.00197. The smallest absolute Gasteiger partial charge is 0.241 e. The number of nitrogens with one attached hydrogen (secondary N) is 1. The van der Waals surface area contributed by atoms with Crippen molar-refractivity contribution in [2.24, 2.45) is 11.8 Å². The third kappa shape index (κ3) is 2.72. The minimum absolute atomic E-state index is 0.00197. The van der Waals surface area contributed by atoms with Gasteiger partial charge in [0.25, 0.3) is 0 Å². The lowest BCUT2D eigenvalue weighted by Crippen LogP contribution is -2.49. The molecule has 0 radical (unpaired) electrons. The van der Waals surface area contributed by atoms with Crippen LogP contribution in [0, 0.1) is 11.8 Å². The van der Waals surface area contributed by atoms with Crippen molar-refractivity contribution in [1.29, 1.82) is 0 Å². The third-order valence-electron chi connectivity index (χ3n) is 5.57. The van der Waals surface area contributed by atoms with E-state index in [1.54, 1.807) is 0 Å². The quantitative estimate of drug-likeness (QED) is 0.847. The summed E-state index contributed by atoms with van der Waals surface area (Å²) >= 11 is 0. The van der Waals surface area contributed by atoms with E-state index in [9.17, 15) is 4.79 Å². The molecule has 1 N–H and O–H groups in total. The first-order valence-corrected chi connectivity index (χ1v) is 8.75. The molecule has 120 valence electrons. The van der Waals surface area contributed by atoms with Gasteiger partial charge in [0.05, 0.1) is 30.5 Å². The van der Waals surface area contributed by atoms with E-state index in [0.717, 1.165) is 25.7 Å². The van der Waals surface area contributed by atoms with Gasteiger partial charge in [-0.05, 0) is 37.5 Å². The van der Waals surface area contributed by atoms with Crippen LogP contribution >= 0.6 is 0 Å². The summed E-state index contributed by atoms with van der Waals surface area (Å²) in [6.07, 6.45) is 6.30. The Bertz CT molecular complexity index is 398. The molecule has 6 unspecified atom stereocenters. The van der Waals surface area contributed by atoms with Crippen LogP contribution in [0.4, 0.5) is 0 Å². The van der Waals surface area contributed by atoms with Crippen LogP contribution in [0.3, 0.4) is 0 Å². The molecule has 0 spiro atoms. The van der Waals surface area contributed by atoms with E-state index >= 15 is 0 Å². The molecule has 0 aliphatic carbocycles. The van der Waals surface area contributed by atoms with Crippen LogP contribution in [0.15, 0.2) is 0 Å². The molecule has 1 amide bonds. The Balaban J connectivity index is 1.78. The van der Waals surface area contributed by atoms with E-state index in [-0.39, 0.29) is 18.3 Å². The molecule has 3 rings (SSSR count). The van der Waals surface area contributed by atoms with Crippen LogP contribution in [0.5, 0.6) is 0 Å². The number of hydrogen-bond acceptors (Lipinski definition) is 3. The van der Waals surface area contributed by atoms with E-state index < -0.39 is 0 Å². The lowest BCUT2D eigenvalue weighted by Gasteiger charge is -2.34. The number of fused-ring (bicyclic) bond motifs is 2. The van der Waals surface area contributed by atoms with Gasteiger partial charge in [-0.1, -0.05) is 34.1 Å². The Hall–Kier alpha value is -0.610. The van der Waals surface area contributed by atoms with Crippen molar-refractivity contribution in [3.8, 4) is 0 Å². The van der Waals surface area contributed by atoms with Crippen LogP contribution in [-0.2, 0) is 9.53 Å². The average molecular weight is 294 g/mol. The minimum Gasteiger partial charge on any atom is -0.373 e. The largest absolute Gasteiger partial charge is 0.373 e. The second-order valence-corrected chi connectivity index (χ2v) is 7.60. The lowest BCUT2D eigenvalue weighted by atomic mass is 9.92. The number of carbonyl (C=O) groups excluding carboxylic acids is 1. The molecule has 3 fully saturated rings. The van der Waals surface area contributed by atoms with Gasteiger partial charge in [-0.25, -0.2) is 0 Å². The fourth-order valence-corrected chi connectivity index (χ4v) is 4.24. The highest BCUT2D eigenvalue weighted by molar-refractivity contribution is 5.85. The first-order chi connectivity index (χ1) is 10.0. The van der Waals surface area contributed by atoms with Gasteiger partial charge in [0, 0.05) is 0 Å². The van der Waals surface area contributed by atoms with Crippen molar-refractivity contribution in [1.82, 2.24) is 10.2 Å². The molecule has 4 heteroatoms. The fraction of sp³-hybridized carbons (Fsp3) is 0.941. The average Bonchev–Trinajstić information content (AvgIpc) is 3.12. The maximum Gasteiger partial charge on any atom is 0.241 e. The number of amides is 1. The number of nitrogens with zero attached hydrogens (tertiary/aromatic N) is 1. The molecular weight excluding hydrogens is 264 g/mol. The molecular formula is C17H30N2O2. The summed E-state index contributed by atoms with van der Waals surface area (Å²) in [5.74, 6) is 1.31. The second-order valence-electron chi connectivity index (χ2n) is 7.60. The third-order valence-corrected chi connectivity index (χ3v) is 5.57. The van der Waals surface area contributed by atoms with Crippen molar-refractivity contribution in [2.75, 3.05) is 0 Å². The zero-order chi connectivity index (χ0) is 15.1. The molecule has 6 atom stereocenters. The second kappa shape index (κ2) is 5.88. The Morgan fingerprint density at radius 1 is 1.33 bits per heavy atom. The van der Waals surface area contributed by atoms with Gasteiger partial charge in [0.15, 0.2) is 0 Å². The van der Waals surface area contributed by atoms with Crippen LogP contribution in [0.2, 0.25) is 0 Å². The van der Waals surface area contributed by atoms with Gasteiger partial charge < -0.3 is 9.64 Å². The van der Waals surface area contributed by atoms with Crippen molar-refractivity contribution in [3.63, 3.8) is 0 Å². The van der Waals surface area contributed by atoms with E-state index in [4.69, 9.17) is 4.74 Å². The zero-order valence-corrected chi connectivity index (χ0v) is 13.8. The summed E-state index contributed by atoms with van der Waals surface area (Å²) < 4.78 is 6.00. The summed E-state index contributed by atoms with van der Waals surface area (Å²) in [4.78, 5) is 15.1. The molecule has 3 aliphatic heterocycles. The maximum atomic E-state index is 13.0. The highest BCUT2D eigenvalue weighted by Crippen LogP contribution is 2.40. The van der Waals surface area contributed by atoms with Crippen molar-refractivity contribution in [2.45, 2.75) is 90.3 Å². The highest BCUT2D eigenvalue weighted by Gasteiger charge is 2.51. The van der Waals surface area contributed by atoms with Gasteiger partial charge in [-0.2, -0.15) is 0 Å². The topological polar surface area (TPSA) is 41.6 Å². The van der Waals surface area contributed by atoms with Crippen molar-refractivity contribution >= 4 is 5.91 Å². The molecule has 0 aromatic rings. The zero-order valence-electron chi connectivity index (χ0n) is 13.8. The first kappa shape index (κ1) is 15.3. The van der Waals surface area contributed by atoms with Crippen molar-refractivity contribution in [3.05, 3.63) is 0 Å². The Morgan fingerprint density at radius 3 is 2.62 bits per heavy atom. The molecule has 3 heterocycles. The number of carbonyl (C=O) groups is 1. The summed E-state index contributed by atoms with van der Waals surface area (Å²) in [6, 6.07) is 0.305. The SMILES string of the molecule is CCC(C)C1NC(CC(C)C)N(C2CC3CCC2O3)C1=O. The predicted octanol–water partition coefficient (Wildman–Crippen LogP) is 2.53. The molecule has 3 aliphatic rings. The van der Waals surface area contributed by atoms with Gasteiger partial charge in [-0.3, -0.25) is 10.1 Å². The van der Waals surface area contributed by atoms with Crippen LogP contribution < -0.4 is 5.32 Å². The molecule has 3 saturated heterocycles. The Labute approximate surface area is 128 Å². The maximum absolute atomic E-state index is 13.0. The van der Waals surface area contributed by atoms with E-state index in [1.807, 2.05) is 0 Å². The number of rotatable bonds is 5. The van der Waals surface area contributed by atoms with Gasteiger partial charge in [0.1, 0.15) is 0 Å². The molecule has 21 heavy (non-hydrogen) atoms. The van der Waals surface area contributed by atoms with Crippen LogP contribution in [-0.4, -0.2) is 41.3 Å². The van der Waals surface area contributed by atoms with Gasteiger partial charge in [-0.15, -0.1) is 0 Å². The monoisotopic (exact) mass is 294 g/mol. The molecule has 0 aromatic carbocycles. The summed E-state index contributed by atoms with van der Waals surface area (Å²) in [5, 5.41) is 3.63. The Morgan fingerprint density at radius 2 is 2.10 bits per heavy atom. The normalized spacial score (nSPS) is 40.5. The molecule has 4 nitrogen and oxygen atoms in total. The molecule has 2 bridgehead atoms. The fourth-order valence-electron chi connectivity index (χ4n) is 4.24. The van der Waals surface area contributed by atoms with Crippen LogP contribution in [0.25, 0.3) is 0 Å². The first-order valence-electron chi connectivity index (χ1n) is 8.75. The molecule has 0 aromatic heterocycles. The predicted molar refractivity (Wildman–Crippen MR) is 82.8 cm³/mol. The summed E-state index contributed by atoms with van der Waals surface area (Å²) in [6.45, 7) is 8.82. The van der Waals surface area contributed by atoms with Gasteiger partial charge >= 0.3 is 0 Å². The number of ether oxygens (including phenoxy) is 1. The van der Waals surface area contributed by atoms with Gasteiger partial charge in [0.2, 0.25) is 5.91 Å². The number of hydrogen-bond donors (Lipinski definition) is 1. The Kier molecular flexibility index (Phi) is 4.28. The van der Waals surface area contributed by atoms with E-state index in [1.165, 1.54) is 6.42 Å². The standard InChI is InChI=1S/C17H30N2O2/c1-5-11(4)16-17(20)19(15(18-16)8-10(2)3)13-9-12-6-7-14(13)21-12/h10-16,18H,5-9H2,1-4H3. The lowest BCUT2D eigenvalue weighted by molar-refractivity contribution is -0.134. The highest BCUT2D eigenvalue weighted by atomic mass is 16.5. The molecule has 0 saturated carbocycles. The van der Waals surface area contributed by atoms with Crippen LogP contribution in [0.1, 0.15) is 59.8 Å².